The van der Waals surface area contributed by atoms with E-state index in [0.717, 1.165) is 36.9 Å². The Morgan fingerprint density at radius 3 is 2.67 bits per heavy atom. The number of likely N-dealkylation sites (tertiary alicyclic amines) is 1. The van der Waals surface area contributed by atoms with Gasteiger partial charge in [-0.3, -0.25) is 9.59 Å². The maximum Gasteiger partial charge on any atom is 0.247 e. The lowest BCUT2D eigenvalue weighted by molar-refractivity contribution is -0.137. The van der Waals surface area contributed by atoms with Gasteiger partial charge in [0, 0.05) is 18.3 Å². The molecule has 1 saturated heterocycles. The second-order valence-corrected chi connectivity index (χ2v) is 8.46. The van der Waals surface area contributed by atoms with Crippen LogP contribution in [0.2, 0.25) is 0 Å². The van der Waals surface area contributed by atoms with E-state index in [1.54, 1.807) is 4.90 Å². The molecule has 1 heterocycles. The Balaban J connectivity index is 1.39. The van der Waals surface area contributed by atoms with Crippen LogP contribution in [0.25, 0.3) is 0 Å². The van der Waals surface area contributed by atoms with Gasteiger partial charge >= 0.3 is 0 Å². The van der Waals surface area contributed by atoms with Gasteiger partial charge in [0.2, 0.25) is 11.8 Å². The lowest BCUT2D eigenvalue weighted by Gasteiger charge is -2.26. The predicted molar refractivity (Wildman–Crippen MR) is 118 cm³/mol. The number of aryl methyl sites for hydroxylation is 3. The number of nitrogens with zero attached hydrogens (tertiary/aromatic N) is 1. The Bertz CT molecular complexity index is 915. The van der Waals surface area contributed by atoms with E-state index in [-0.39, 0.29) is 17.9 Å². The van der Waals surface area contributed by atoms with Gasteiger partial charge in [-0.2, -0.15) is 0 Å². The highest BCUT2D eigenvalue weighted by molar-refractivity contribution is 5.98. The molecule has 2 aliphatic rings. The van der Waals surface area contributed by atoms with Gasteiger partial charge in [0.15, 0.2) is 0 Å². The standard InChI is InChI=1S/C24H30N4O2/c25-19-14-22(23(29)27-20-11-10-17-7-4-8-18(17)13-20)28(15-19)24(30)21(26)12-9-16-5-2-1-3-6-16/h1-3,5-6,10-11,13,19,21-22H,4,7-9,12,14-15,25-26H2,(H,27,29)/t19-,21+,22+/m1/s1. The third-order valence-electron chi connectivity index (χ3n) is 6.19. The zero-order chi connectivity index (χ0) is 21.1. The normalized spacial score (nSPS) is 21.3. The molecule has 5 N–H and O–H groups in total. The van der Waals surface area contributed by atoms with Crippen LogP contribution in [-0.2, 0) is 28.9 Å². The summed E-state index contributed by atoms with van der Waals surface area (Å²) in [5.41, 5.74) is 16.9. The van der Waals surface area contributed by atoms with Crippen molar-refractivity contribution in [2.75, 3.05) is 11.9 Å². The third kappa shape index (κ3) is 4.55. The molecule has 0 saturated carbocycles. The Hall–Kier alpha value is -2.70. The number of fused-ring (bicyclic) bond motifs is 1. The van der Waals surface area contributed by atoms with Crippen molar-refractivity contribution in [1.29, 1.82) is 0 Å². The van der Waals surface area contributed by atoms with Gasteiger partial charge in [0.25, 0.3) is 0 Å². The number of nitrogens with one attached hydrogen (secondary N) is 1. The van der Waals surface area contributed by atoms with E-state index in [9.17, 15) is 9.59 Å². The molecule has 6 heteroatoms. The molecule has 0 spiro atoms. The zero-order valence-electron chi connectivity index (χ0n) is 17.2. The van der Waals surface area contributed by atoms with Crippen molar-refractivity contribution in [2.45, 2.75) is 56.7 Å². The molecule has 30 heavy (non-hydrogen) atoms. The van der Waals surface area contributed by atoms with E-state index in [1.165, 1.54) is 11.1 Å². The van der Waals surface area contributed by atoms with E-state index in [4.69, 9.17) is 11.5 Å². The number of hydrogen-bond donors (Lipinski definition) is 3. The van der Waals surface area contributed by atoms with E-state index < -0.39 is 12.1 Å². The van der Waals surface area contributed by atoms with Crippen LogP contribution in [0.4, 0.5) is 5.69 Å². The highest BCUT2D eigenvalue weighted by atomic mass is 16.2. The van der Waals surface area contributed by atoms with Crippen molar-refractivity contribution < 1.29 is 9.59 Å². The number of carbonyl (C=O) groups excluding carboxylic acids is 2. The smallest absolute Gasteiger partial charge is 0.247 e. The summed E-state index contributed by atoms with van der Waals surface area (Å²) < 4.78 is 0. The van der Waals surface area contributed by atoms with Gasteiger partial charge in [-0.15, -0.1) is 0 Å². The maximum absolute atomic E-state index is 13.0. The number of benzene rings is 2. The van der Waals surface area contributed by atoms with Crippen molar-refractivity contribution in [3.8, 4) is 0 Å². The summed E-state index contributed by atoms with van der Waals surface area (Å²) in [7, 11) is 0. The quantitative estimate of drug-likeness (QED) is 0.683. The molecule has 3 atom stereocenters. The van der Waals surface area contributed by atoms with Crippen molar-refractivity contribution in [3.63, 3.8) is 0 Å². The van der Waals surface area contributed by atoms with E-state index >= 15 is 0 Å². The fraction of sp³-hybridized carbons (Fsp3) is 0.417. The van der Waals surface area contributed by atoms with Gasteiger partial charge < -0.3 is 21.7 Å². The zero-order valence-corrected chi connectivity index (χ0v) is 17.2. The Morgan fingerprint density at radius 1 is 1.10 bits per heavy atom. The maximum atomic E-state index is 13.0. The van der Waals surface area contributed by atoms with E-state index in [2.05, 4.69) is 11.4 Å². The van der Waals surface area contributed by atoms with Gasteiger partial charge in [-0.1, -0.05) is 36.4 Å². The first-order valence-corrected chi connectivity index (χ1v) is 10.8. The molecule has 0 bridgehead atoms. The molecule has 4 rings (SSSR count). The van der Waals surface area contributed by atoms with Crippen LogP contribution in [0.5, 0.6) is 0 Å². The number of nitrogens with two attached hydrogens (primary N) is 2. The minimum absolute atomic E-state index is 0.190. The number of amides is 2. The molecule has 2 aromatic carbocycles. The Morgan fingerprint density at radius 2 is 1.87 bits per heavy atom. The van der Waals surface area contributed by atoms with E-state index in [1.807, 2.05) is 42.5 Å². The molecule has 2 amide bonds. The summed E-state index contributed by atoms with van der Waals surface area (Å²) in [6.07, 6.45) is 5.02. The molecule has 6 nitrogen and oxygen atoms in total. The first kappa shape index (κ1) is 20.6. The second kappa shape index (κ2) is 8.98. The fourth-order valence-electron chi connectivity index (χ4n) is 4.54. The number of hydrogen-bond acceptors (Lipinski definition) is 4. The molecule has 158 valence electrons. The summed E-state index contributed by atoms with van der Waals surface area (Å²) >= 11 is 0. The molecule has 2 aromatic rings. The van der Waals surface area contributed by atoms with Crippen molar-refractivity contribution >= 4 is 17.5 Å². The average molecular weight is 407 g/mol. The van der Waals surface area contributed by atoms with Crippen molar-refractivity contribution in [1.82, 2.24) is 4.90 Å². The van der Waals surface area contributed by atoms with Crippen molar-refractivity contribution in [3.05, 3.63) is 65.2 Å². The molecule has 0 aromatic heterocycles. The van der Waals surface area contributed by atoms with Gasteiger partial charge in [-0.05, 0) is 67.3 Å². The SMILES string of the molecule is N[C@@H]1C[C@@H](C(=O)Nc2ccc3c(c2)CCC3)N(C(=O)[C@@H](N)CCc2ccccc2)C1. The summed E-state index contributed by atoms with van der Waals surface area (Å²) in [6.45, 7) is 0.361. The molecule has 0 unspecified atom stereocenters. The van der Waals surface area contributed by atoms with Crippen LogP contribution in [0.3, 0.4) is 0 Å². The highest BCUT2D eigenvalue weighted by Crippen LogP contribution is 2.26. The summed E-state index contributed by atoms with van der Waals surface area (Å²) in [6, 6.07) is 14.6. The lowest BCUT2D eigenvalue weighted by Crippen LogP contribution is -2.50. The van der Waals surface area contributed by atoms with Gasteiger partial charge in [0.1, 0.15) is 6.04 Å². The summed E-state index contributed by atoms with van der Waals surface area (Å²) in [4.78, 5) is 27.5. The Labute approximate surface area is 177 Å². The molecule has 1 aliphatic carbocycles. The van der Waals surface area contributed by atoms with Crippen LogP contribution in [0.1, 0.15) is 36.0 Å². The topological polar surface area (TPSA) is 101 Å². The Kier molecular flexibility index (Phi) is 6.16. The fourth-order valence-corrected chi connectivity index (χ4v) is 4.54. The van der Waals surface area contributed by atoms with Gasteiger partial charge in [0.05, 0.1) is 6.04 Å². The predicted octanol–water partition coefficient (Wildman–Crippen LogP) is 2.00. The highest BCUT2D eigenvalue weighted by Gasteiger charge is 2.39. The molecular weight excluding hydrogens is 376 g/mol. The minimum atomic E-state index is -0.647. The molecule has 1 fully saturated rings. The second-order valence-electron chi connectivity index (χ2n) is 8.46. The van der Waals surface area contributed by atoms with Crippen LogP contribution in [0.15, 0.2) is 48.5 Å². The first-order chi connectivity index (χ1) is 14.5. The first-order valence-electron chi connectivity index (χ1n) is 10.8. The summed E-state index contributed by atoms with van der Waals surface area (Å²) in [5.74, 6) is -0.391. The van der Waals surface area contributed by atoms with Crippen LogP contribution >= 0.6 is 0 Å². The number of anilines is 1. The lowest BCUT2D eigenvalue weighted by atomic mass is 10.0. The van der Waals surface area contributed by atoms with Crippen LogP contribution < -0.4 is 16.8 Å². The van der Waals surface area contributed by atoms with Gasteiger partial charge in [-0.25, -0.2) is 0 Å². The monoisotopic (exact) mass is 406 g/mol. The minimum Gasteiger partial charge on any atom is -0.328 e. The van der Waals surface area contributed by atoms with E-state index in [0.29, 0.717) is 19.4 Å². The van der Waals surface area contributed by atoms with Crippen molar-refractivity contribution in [2.24, 2.45) is 11.5 Å². The molecular formula is C24H30N4O2. The largest absolute Gasteiger partial charge is 0.328 e. The van der Waals surface area contributed by atoms with Crippen LogP contribution in [0, 0.1) is 0 Å². The molecule has 0 radical (unpaired) electrons. The summed E-state index contributed by atoms with van der Waals surface area (Å²) in [5, 5.41) is 2.99. The average Bonchev–Trinajstić information content (AvgIpc) is 3.38. The number of rotatable bonds is 6. The molecule has 1 aliphatic heterocycles. The van der Waals surface area contributed by atoms with Crippen LogP contribution in [-0.4, -0.2) is 41.4 Å². The number of carbonyl (C=O) groups is 2. The third-order valence-corrected chi connectivity index (χ3v) is 6.19.